The number of aryl methyl sites for hydroxylation is 2. The van der Waals surface area contributed by atoms with Gasteiger partial charge < -0.3 is 10.4 Å². The van der Waals surface area contributed by atoms with E-state index >= 15 is 0 Å². The fourth-order valence-corrected chi connectivity index (χ4v) is 1.61. The number of benzene rings is 1. The van der Waals surface area contributed by atoms with Crippen molar-refractivity contribution in [2.24, 2.45) is 0 Å². The smallest absolute Gasteiger partial charge is 0.226 e. The maximum Gasteiger partial charge on any atom is 0.226 e. The number of phenols is 1. The summed E-state index contributed by atoms with van der Waals surface area (Å²) in [6.45, 7) is 2.34. The molecule has 0 spiro atoms. The van der Waals surface area contributed by atoms with E-state index in [-0.39, 0.29) is 11.7 Å². The average Bonchev–Trinajstić information content (AvgIpc) is 2.84. The molecule has 0 unspecified atom stereocenters. The average molecular weight is 245 g/mol. The Kier molecular flexibility index (Phi) is 3.62. The van der Waals surface area contributed by atoms with Gasteiger partial charge in [-0.15, -0.1) is 0 Å². The Morgan fingerprint density at radius 3 is 3.00 bits per heavy atom. The van der Waals surface area contributed by atoms with Crippen molar-refractivity contribution in [3.05, 3.63) is 42.2 Å². The minimum Gasteiger partial charge on any atom is -0.508 e. The van der Waals surface area contributed by atoms with E-state index in [1.165, 1.54) is 0 Å². The van der Waals surface area contributed by atoms with E-state index in [4.69, 9.17) is 0 Å². The molecule has 94 valence electrons. The molecule has 0 fully saturated rings. The summed E-state index contributed by atoms with van der Waals surface area (Å²) in [7, 11) is 0. The Labute approximate surface area is 105 Å². The van der Waals surface area contributed by atoms with Crippen molar-refractivity contribution in [3.63, 3.8) is 0 Å². The van der Waals surface area contributed by atoms with Gasteiger partial charge in [-0.1, -0.05) is 0 Å². The van der Waals surface area contributed by atoms with E-state index in [1.54, 1.807) is 36.0 Å². The Morgan fingerprint density at radius 1 is 1.50 bits per heavy atom. The number of aromatic nitrogens is 2. The number of hydrogen-bond donors (Lipinski definition) is 2. The fraction of sp³-hybridized carbons (Fsp3) is 0.231. The Hall–Kier alpha value is -2.30. The van der Waals surface area contributed by atoms with Crippen LogP contribution in [0.15, 0.2) is 36.7 Å². The topological polar surface area (TPSA) is 67.2 Å². The lowest BCUT2D eigenvalue weighted by molar-refractivity contribution is -0.116. The van der Waals surface area contributed by atoms with Crippen LogP contribution in [0.1, 0.15) is 12.0 Å². The fourth-order valence-electron chi connectivity index (χ4n) is 1.61. The molecular formula is C13H15N3O2. The third kappa shape index (κ3) is 3.10. The first kappa shape index (κ1) is 12.2. The molecule has 1 aromatic heterocycles. The second kappa shape index (κ2) is 5.35. The van der Waals surface area contributed by atoms with Crippen molar-refractivity contribution in [1.29, 1.82) is 0 Å². The molecule has 0 bridgehead atoms. The Balaban J connectivity index is 1.88. The quantitative estimate of drug-likeness (QED) is 0.809. The molecule has 1 heterocycles. The van der Waals surface area contributed by atoms with Crippen LogP contribution in [0.3, 0.4) is 0 Å². The summed E-state index contributed by atoms with van der Waals surface area (Å²) in [5, 5.41) is 16.2. The van der Waals surface area contributed by atoms with E-state index in [9.17, 15) is 9.90 Å². The van der Waals surface area contributed by atoms with Crippen molar-refractivity contribution in [2.75, 3.05) is 5.32 Å². The molecule has 0 aliphatic carbocycles. The standard InChI is InChI=1S/C13H15N3O2/c1-10-9-11(3-4-12(10)17)15-13(18)5-8-16-7-2-6-14-16/h2-4,6-7,9,17H,5,8H2,1H3,(H,15,18). The number of nitrogens with zero attached hydrogens (tertiary/aromatic N) is 2. The van der Waals surface area contributed by atoms with Crippen LogP contribution < -0.4 is 5.32 Å². The maximum atomic E-state index is 11.7. The molecule has 0 aliphatic heterocycles. The molecule has 0 atom stereocenters. The molecule has 0 aliphatic rings. The second-order valence-corrected chi connectivity index (χ2v) is 4.07. The molecule has 5 heteroatoms. The highest BCUT2D eigenvalue weighted by Gasteiger charge is 2.04. The lowest BCUT2D eigenvalue weighted by atomic mass is 10.2. The number of rotatable bonds is 4. The van der Waals surface area contributed by atoms with Crippen LogP contribution in [0.2, 0.25) is 0 Å². The van der Waals surface area contributed by atoms with E-state index in [0.717, 1.165) is 5.56 Å². The van der Waals surface area contributed by atoms with Crippen LogP contribution in [-0.4, -0.2) is 20.8 Å². The number of carbonyl (C=O) groups is 1. The van der Waals surface area contributed by atoms with Crippen molar-refractivity contribution in [3.8, 4) is 5.75 Å². The monoisotopic (exact) mass is 245 g/mol. The number of carbonyl (C=O) groups excluding carboxylic acids is 1. The lowest BCUT2D eigenvalue weighted by Crippen LogP contribution is -2.14. The third-order valence-electron chi connectivity index (χ3n) is 2.61. The van der Waals surface area contributed by atoms with Gasteiger partial charge in [-0.05, 0) is 36.8 Å². The predicted molar refractivity (Wildman–Crippen MR) is 68.3 cm³/mol. The van der Waals surface area contributed by atoms with Gasteiger partial charge in [0.1, 0.15) is 5.75 Å². The Morgan fingerprint density at radius 2 is 2.33 bits per heavy atom. The summed E-state index contributed by atoms with van der Waals surface area (Å²) in [5.74, 6) is 0.153. The number of amides is 1. The summed E-state index contributed by atoms with van der Waals surface area (Å²) in [5.41, 5.74) is 1.43. The molecule has 18 heavy (non-hydrogen) atoms. The molecule has 0 radical (unpaired) electrons. The van der Waals surface area contributed by atoms with Crippen molar-refractivity contribution >= 4 is 11.6 Å². The van der Waals surface area contributed by atoms with Crippen LogP contribution in [0.4, 0.5) is 5.69 Å². The van der Waals surface area contributed by atoms with E-state index < -0.39 is 0 Å². The highest BCUT2D eigenvalue weighted by molar-refractivity contribution is 5.90. The highest BCUT2D eigenvalue weighted by Crippen LogP contribution is 2.20. The highest BCUT2D eigenvalue weighted by atomic mass is 16.3. The molecule has 2 aromatic rings. The van der Waals surface area contributed by atoms with Crippen LogP contribution in [0.5, 0.6) is 5.75 Å². The normalized spacial score (nSPS) is 10.3. The van der Waals surface area contributed by atoms with Gasteiger partial charge in [0.15, 0.2) is 0 Å². The number of anilines is 1. The minimum atomic E-state index is -0.0735. The van der Waals surface area contributed by atoms with Gasteiger partial charge in [0.05, 0.1) is 0 Å². The van der Waals surface area contributed by atoms with Crippen LogP contribution in [-0.2, 0) is 11.3 Å². The summed E-state index contributed by atoms with van der Waals surface area (Å²) in [6.07, 6.45) is 3.86. The number of nitrogens with one attached hydrogen (secondary N) is 1. The first-order chi connectivity index (χ1) is 8.65. The van der Waals surface area contributed by atoms with Gasteiger partial charge in [-0.2, -0.15) is 5.10 Å². The molecule has 1 aromatic carbocycles. The first-order valence-electron chi connectivity index (χ1n) is 5.72. The van der Waals surface area contributed by atoms with E-state index in [2.05, 4.69) is 10.4 Å². The van der Waals surface area contributed by atoms with Crippen molar-refractivity contribution in [1.82, 2.24) is 9.78 Å². The summed E-state index contributed by atoms with van der Waals surface area (Å²) in [4.78, 5) is 11.7. The lowest BCUT2D eigenvalue weighted by Gasteiger charge is -2.07. The van der Waals surface area contributed by atoms with E-state index in [0.29, 0.717) is 18.7 Å². The van der Waals surface area contributed by atoms with Gasteiger partial charge in [0.2, 0.25) is 5.91 Å². The maximum absolute atomic E-state index is 11.7. The van der Waals surface area contributed by atoms with Crippen molar-refractivity contribution in [2.45, 2.75) is 19.9 Å². The van der Waals surface area contributed by atoms with Crippen LogP contribution >= 0.6 is 0 Å². The summed E-state index contributed by atoms with van der Waals surface area (Å²) < 4.78 is 1.71. The minimum absolute atomic E-state index is 0.0735. The third-order valence-corrected chi connectivity index (χ3v) is 2.61. The van der Waals surface area contributed by atoms with Crippen LogP contribution in [0.25, 0.3) is 0 Å². The zero-order chi connectivity index (χ0) is 13.0. The summed E-state index contributed by atoms with van der Waals surface area (Å²) >= 11 is 0. The van der Waals surface area contributed by atoms with Crippen molar-refractivity contribution < 1.29 is 9.90 Å². The second-order valence-electron chi connectivity index (χ2n) is 4.07. The number of phenolic OH excluding ortho intramolecular Hbond substituents is 1. The number of aromatic hydroxyl groups is 1. The molecule has 0 saturated heterocycles. The zero-order valence-electron chi connectivity index (χ0n) is 10.1. The van der Waals surface area contributed by atoms with Gasteiger partial charge in [-0.25, -0.2) is 0 Å². The van der Waals surface area contributed by atoms with Gasteiger partial charge in [0.25, 0.3) is 0 Å². The number of hydrogen-bond acceptors (Lipinski definition) is 3. The van der Waals surface area contributed by atoms with E-state index in [1.807, 2.05) is 12.3 Å². The largest absolute Gasteiger partial charge is 0.508 e. The molecule has 0 saturated carbocycles. The molecule has 2 N–H and O–H groups in total. The zero-order valence-corrected chi connectivity index (χ0v) is 10.1. The molecule has 1 amide bonds. The molecule has 5 nitrogen and oxygen atoms in total. The van der Waals surface area contributed by atoms with Gasteiger partial charge >= 0.3 is 0 Å². The Bertz CT molecular complexity index is 535. The molecular weight excluding hydrogens is 230 g/mol. The van der Waals surface area contributed by atoms with Gasteiger partial charge in [0, 0.05) is 31.0 Å². The molecule has 2 rings (SSSR count). The first-order valence-corrected chi connectivity index (χ1v) is 5.72. The summed E-state index contributed by atoms with van der Waals surface area (Å²) in [6, 6.07) is 6.80. The SMILES string of the molecule is Cc1cc(NC(=O)CCn2cccn2)ccc1O. The predicted octanol–water partition coefficient (Wildman–Crippen LogP) is 1.93. The van der Waals surface area contributed by atoms with Crippen LogP contribution in [0, 0.1) is 6.92 Å². The van der Waals surface area contributed by atoms with Gasteiger partial charge in [-0.3, -0.25) is 9.48 Å².